The second-order valence-corrected chi connectivity index (χ2v) is 11.0. The highest BCUT2D eigenvalue weighted by Crippen LogP contribution is 2.35. The Bertz CT molecular complexity index is 868. The van der Waals surface area contributed by atoms with Gasteiger partial charge in [-0.3, -0.25) is 0 Å². The molecule has 1 aliphatic rings. The van der Waals surface area contributed by atoms with Gasteiger partial charge in [0.1, 0.15) is 5.75 Å². The molecule has 0 atom stereocenters. The van der Waals surface area contributed by atoms with Gasteiger partial charge >= 0.3 is 0 Å². The summed E-state index contributed by atoms with van der Waals surface area (Å²) in [6, 6.07) is 10.8. The van der Waals surface area contributed by atoms with Crippen LogP contribution in [0.2, 0.25) is 0 Å². The fourth-order valence-corrected chi connectivity index (χ4v) is 5.66. The van der Waals surface area contributed by atoms with Crippen molar-refractivity contribution < 1.29 is 13.5 Å². The van der Waals surface area contributed by atoms with Crippen LogP contribution in [0.25, 0.3) is 11.1 Å². The van der Waals surface area contributed by atoms with Gasteiger partial charge in [0, 0.05) is 5.56 Å². The monoisotopic (exact) mass is 498 g/mol. The summed E-state index contributed by atoms with van der Waals surface area (Å²) >= 11 is 0. The Balaban J connectivity index is 1.43. The smallest absolute Gasteiger partial charge is 0.166 e. The van der Waals surface area contributed by atoms with Gasteiger partial charge < -0.3 is 4.74 Å². The normalized spacial score (nSPS) is 17.9. The van der Waals surface area contributed by atoms with Gasteiger partial charge in [0.05, 0.1) is 6.61 Å². The number of hydrogen-bond acceptors (Lipinski definition) is 1. The fraction of sp³-hybridized carbons (Fsp3) is 0.636. The number of benzene rings is 2. The van der Waals surface area contributed by atoms with E-state index in [1.807, 2.05) is 24.3 Å². The highest BCUT2D eigenvalue weighted by atomic mass is 19.2. The molecular formula is C33H48F2O. The molecular weight excluding hydrogens is 450 g/mol. The van der Waals surface area contributed by atoms with Crippen molar-refractivity contribution in [1.29, 1.82) is 0 Å². The van der Waals surface area contributed by atoms with Crippen LogP contribution >= 0.6 is 0 Å². The molecule has 0 aliphatic heterocycles. The molecule has 0 aromatic heterocycles. The lowest BCUT2D eigenvalue weighted by molar-refractivity contribution is 0.248. The predicted molar refractivity (Wildman–Crippen MR) is 149 cm³/mol. The molecule has 0 bridgehead atoms. The van der Waals surface area contributed by atoms with Crippen molar-refractivity contribution in [3.05, 3.63) is 53.6 Å². The van der Waals surface area contributed by atoms with E-state index in [4.69, 9.17) is 4.74 Å². The number of hydrogen-bond donors (Lipinski definition) is 0. The molecule has 0 saturated heterocycles. The second-order valence-electron chi connectivity index (χ2n) is 11.0. The predicted octanol–water partition coefficient (Wildman–Crippen LogP) is 10.7. The zero-order chi connectivity index (χ0) is 25.6. The van der Waals surface area contributed by atoms with Crippen LogP contribution in [-0.2, 0) is 6.42 Å². The van der Waals surface area contributed by atoms with Gasteiger partial charge in [-0.1, -0.05) is 122 Å². The zero-order valence-corrected chi connectivity index (χ0v) is 22.8. The van der Waals surface area contributed by atoms with Crippen LogP contribution < -0.4 is 4.74 Å². The van der Waals surface area contributed by atoms with Gasteiger partial charge in [-0.15, -0.1) is 0 Å². The average Bonchev–Trinajstić information content (AvgIpc) is 2.91. The minimum absolute atomic E-state index is 0.323. The molecule has 0 unspecified atom stereocenters. The maximum absolute atomic E-state index is 15.0. The molecule has 3 heteroatoms. The van der Waals surface area contributed by atoms with Crippen molar-refractivity contribution >= 4 is 0 Å². The fourth-order valence-electron chi connectivity index (χ4n) is 5.66. The lowest BCUT2D eigenvalue weighted by Crippen LogP contribution is -2.15. The van der Waals surface area contributed by atoms with E-state index in [2.05, 4.69) is 13.8 Å². The Morgan fingerprint density at radius 3 is 1.97 bits per heavy atom. The third kappa shape index (κ3) is 9.20. The summed E-state index contributed by atoms with van der Waals surface area (Å²) in [4.78, 5) is 0. The molecule has 0 amide bonds. The third-order valence-electron chi connectivity index (χ3n) is 8.10. The first-order chi connectivity index (χ1) is 17.6. The van der Waals surface area contributed by atoms with Crippen LogP contribution in [0.15, 0.2) is 36.4 Å². The molecule has 36 heavy (non-hydrogen) atoms. The molecule has 0 N–H and O–H groups in total. The van der Waals surface area contributed by atoms with Gasteiger partial charge in [-0.2, -0.15) is 0 Å². The molecule has 1 nitrogen and oxygen atoms in total. The molecule has 0 spiro atoms. The summed E-state index contributed by atoms with van der Waals surface area (Å²) in [5.41, 5.74) is 1.52. The first kappa shape index (κ1) is 28.7. The summed E-state index contributed by atoms with van der Waals surface area (Å²) in [6.07, 6.45) is 19.7. The van der Waals surface area contributed by atoms with Gasteiger partial charge in [-0.25, -0.2) is 8.78 Å². The molecule has 200 valence electrons. The summed E-state index contributed by atoms with van der Waals surface area (Å²) in [6.45, 7) is 5.12. The first-order valence-corrected chi connectivity index (χ1v) is 14.8. The van der Waals surface area contributed by atoms with Crippen molar-refractivity contribution in [1.82, 2.24) is 0 Å². The number of aryl methyl sites for hydroxylation is 1. The summed E-state index contributed by atoms with van der Waals surface area (Å²) < 4.78 is 35.6. The van der Waals surface area contributed by atoms with E-state index >= 15 is 0 Å². The minimum atomic E-state index is -0.730. The molecule has 2 aromatic rings. The van der Waals surface area contributed by atoms with Crippen LogP contribution in [0.3, 0.4) is 0 Å². The quantitative estimate of drug-likeness (QED) is 0.209. The van der Waals surface area contributed by atoms with Crippen molar-refractivity contribution in [2.45, 2.75) is 117 Å². The Labute approximate surface area is 219 Å². The first-order valence-electron chi connectivity index (χ1n) is 14.8. The second kappa shape index (κ2) is 16.0. The van der Waals surface area contributed by atoms with Crippen molar-refractivity contribution in [2.24, 2.45) is 11.8 Å². The van der Waals surface area contributed by atoms with Gasteiger partial charge in [0.15, 0.2) is 11.6 Å². The number of ether oxygens (including phenoxy) is 1. The molecule has 0 radical (unpaired) electrons. The third-order valence-corrected chi connectivity index (χ3v) is 8.10. The van der Waals surface area contributed by atoms with Crippen molar-refractivity contribution in [3.8, 4) is 16.9 Å². The lowest BCUT2D eigenvalue weighted by atomic mass is 9.77. The van der Waals surface area contributed by atoms with Crippen LogP contribution in [0.1, 0.15) is 116 Å². The SMILES string of the molecule is CCCCCCCCC1CCC(CCc2ccc(-c3ccc(OCCCCC)cc3)c(F)c2F)CC1. The molecule has 1 saturated carbocycles. The summed E-state index contributed by atoms with van der Waals surface area (Å²) in [5, 5.41) is 0. The van der Waals surface area contributed by atoms with Crippen LogP contribution in [0.4, 0.5) is 8.78 Å². The topological polar surface area (TPSA) is 9.23 Å². The van der Waals surface area contributed by atoms with Crippen molar-refractivity contribution in [3.63, 3.8) is 0 Å². The Hall–Kier alpha value is -1.90. The van der Waals surface area contributed by atoms with E-state index < -0.39 is 11.6 Å². The van der Waals surface area contributed by atoms with Crippen LogP contribution in [0, 0.1) is 23.5 Å². The van der Waals surface area contributed by atoms with Crippen molar-refractivity contribution in [2.75, 3.05) is 6.61 Å². The number of halogens is 2. The average molecular weight is 499 g/mol. The number of rotatable bonds is 16. The van der Waals surface area contributed by atoms with E-state index in [0.717, 1.165) is 37.4 Å². The summed E-state index contributed by atoms with van der Waals surface area (Å²) in [5.74, 6) is 0.900. The zero-order valence-electron chi connectivity index (χ0n) is 22.8. The van der Waals surface area contributed by atoms with Gasteiger partial charge in [-0.05, 0) is 54.4 Å². The summed E-state index contributed by atoms with van der Waals surface area (Å²) in [7, 11) is 0. The van der Waals surface area contributed by atoms with E-state index in [0.29, 0.717) is 35.6 Å². The largest absolute Gasteiger partial charge is 0.494 e. The Kier molecular flexibility index (Phi) is 12.8. The minimum Gasteiger partial charge on any atom is -0.494 e. The van der Waals surface area contributed by atoms with E-state index in [1.54, 1.807) is 12.1 Å². The Morgan fingerprint density at radius 2 is 1.28 bits per heavy atom. The standard InChI is InChI=1S/C33H48F2O/c1-3-5-7-8-9-10-12-26-13-15-27(16-14-26)17-18-29-21-24-31(33(35)32(29)34)28-19-22-30(23-20-28)36-25-11-6-4-2/h19-24,26-27H,3-18,25H2,1-2H3. The highest BCUT2D eigenvalue weighted by molar-refractivity contribution is 5.65. The maximum Gasteiger partial charge on any atom is 0.166 e. The lowest BCUT2D eigenvalue weighted by Gasteiger charge is -2.28. The van der Waals surface area contributed by atoms with Crippen LogP contribution in [-0.4, -0.2) is 6.61 Å². The van der Waals surface area contributed by atoms with E-state index in [1.165, 1.54) is 70.6 Å². The van der Waals surface area contributed by atoms with Crippen LogP contribution in [0.5, 0.6) is 5.75 Å². The van der Waals surface area contributed by atoms with Gasteiger partial charge in [0.2, 0.25) is 0 Å². The molecule has 1 aliphatic carbocycles. The molecule has 2 aromatic carbocycles. The molecule has 1 fully saturated rings. The van der Waals surface area contributed by atoms with E-state index in [9.17, 15) is 8.78 Å². The Morgan fingerprint density at radius 1 is 0.667 bits per heavy atom. The maximum atomic E-state index is 15.0. The molecule has 3 rings (SSSR count). The van der Waals surface area contributed by atoms with Gasteiger partial charge in [0.25, 0.3) is 0 Å². The van der Waals surface area contributed by atoms with E-state index in [-0.39, 0.29) is 0 Å². The molecule has 0 heterocycles. The number of unbranched alkanes of at least 4 members (excludes halogenated alkanes) is 7. The highest BCUT2D eigenvalue weighted by Gasteiger charge is 2.22.